The molecule has 32 heavy (non-hydrogen) atoms. The highest BCUT2D eigenvalue weighted by molar-refractivity contribution is 5.89. The fourth-order valence-electron chi connectivity index (χ4n) is 6.77. The number of anilines is 1. The predicted octanol–water partition coefficient (Wildman–Crippen LogP) is 3.99. The lowest BCUT2D eigenvalue weighted by Crippen LogP contribution is -2.55. The average Bonchev–Trinajstić information content (AvgIpc) is 3.38. The highest BCUT2D eigenvalue weighted by Crippen LogP contribution is 2.55. The van der Waals surface area contributed by atoms with E-state index in [0.717, 1.165) is 42.8 Å². The van der Waals surface area contributed by atoms with Crippen molar-refractivity contribution in [2.75, 3.05) is 25.5 Å². The van der Waals surface area contributed by atoms with Crippen LogP contribution in [-0.4, -0.2) is 56.0 Å². The number of aromatic nitrogens is 5. The minimum atomic E-state index is 0.451. The Hall–Kier alpha value is -2.41. The molecule has 170 valence electrons. The predicted molar refractivity (Wildman–Crippen MR) is 127 cm³/mol. The first-order chi connectivity index (χ1) is 15.4. The van der Waals surface area contributed by atoms with Crippen LogP contribution in [0.25, 0.3) is 11.0 Å². The summed E-state index contributed by atoms with van der Waals surface area (Å²) in [5.74, 6) is 0. The standard InChI is InChI=1S/C25H35N7/c1-17-13-22(19-14-26-28-23(19)27-17)31-12-5-21-20(15-31)18(2)29-32(21)16-24-6-9-25(10-7-24,11-8-24)30(3)4/h13-14H,5-12,15-16H2,1-4H3,(H,26,27,28). The van der Waals surface area contributed by atoms with E-state index >= 15 is 0 Å². The molecule has 7 nitrogen and oxygen atoms in total. The maximum atomic E-state index is 5.10. The van der Waals surface area contributed by atoms with E-state index in [1.165, 1.54) is 61.2 Å². The Balaban J connectivity index is 1.26. The Morgan fingerprint density at radius 2 is 1.84 bits per heavy atom. The summed E-state index contributed by atoms with van der Waals surface area (Å²) in [6.07, 6.45) is 11.0. The van der Waals surface area contributed by atoms with Crippen LogP contribution in [-0.2, 0) is 19.5 Å². The van der Waals surface area contributed by atoms with Gasteiger partial charge in [-0.25, -0.2) is 4.98 Å². The Morgan fingerprint density at radius 1 is 1.09 bits per heavy atom. The molecule has 0 saturated heterocycles. The topological polar surface area (TPSA) is 65.9 Å². The summed E-state index contributed by atoms with van der Waals surface area (Å²) in [6.45, 7) is 7.29. The Labute approximate surface area is 190 Å². The van der Waals surface area contributed by atoms with E-state index in [0.29, 0.717) is 11.0 Å². The second-order valence-electron chi connectivity index (χ2n) is 10.9. The fraction of sp³-hybridized carbons (Fsp3) is 0.640. The van der Waals surface area contributed by atoms with Crippen molar-refractivity contribution in [3.05, 3.63) is 34.9 Å². The number of hydrogen-bond donors (Lipinski definition) is 1. The van der Waals surface area contributed by atoms with Crippen LogP contribution in [0.2, 0.25) is 0 Å². The number of nitrogens with one attached hydrogen (secondary N) is 1. The molecule has 1 aliphatic heterocycles. The molecule has 0 radical (unpaired) electrons. The van der Waals surface area contributed by atoms with Gasteiger partial charge in [-0.2, -0.15) is 10.2 Å². The molecule has 3 aromatic heterocycles. The summed E-state index contributed by atoms with van der Waals surface area (Å²) in [4.78, 5) is 9.58. The summed E-state index contributed by atoms with van der Waals surface area (Å²) in [5, 5.41) is 13.5. The van der Waals surface area contributed by atoms with Crippen LogP contribution in [0.5, 0.6) is 0 Å². The molecule has 1 N–H and O–H groups in total. The number of fused-ring (bicyclic) bond motifs is 5. The highest BCUT2D eigenvalue weighted by atomic mass is 15.3. The van der Waals surface area contributed by atoms with Crippen LogP contribution in [0.4, 0.5) is 5.69 Å². The van der Waals surface area contributed by atoms with Crippen LogP contribution in [0.15, 0.2) is 12.3 Å². The quantitative estimate of drug-likeness (QED) is 0.674. The monoisotopic (exact) mass is 433 g/mol. The van der Waals surface area contributed by atoms with Crippen molar-refractivity contribution in [1.29, 1.82) is 0 Å². The summed E-state index contributed by atoms with van der Waals surface area (Å²) in [7, 11) is 4.55. The molecule has 7 heteroatoms. The molecule has 0 unspecified atom stereocenters. The molecule has 7 rings (SSSR count). The Morgan fingerprint density at radius 3 is 2.56 bits per heavy atom. The van der Waals surface area contributed by atoms with E-state index in [-0.39, 0.29) is 0 Å². The lowest BCUT2D eigenvalue weighted by atomic mass is 9.57. The van der Waals surface area contributed by atoms with Gasteiger partial charge in [0.25, 0.3) is 0 Å². The molecule has 0 spiro atoms. The van der Waals surface area contributed by atoms with Crippen molar-refractivity contribution < 1.29 is 0 Å². The van der Waals surface area contributed by atoms with E-state index in [9.17, 15) is 0 Å². The van der Waals surface area contributed by atoms with Gasteiger partial charge in [0.1, 0.15) is 0 Å². The van der Waals surface area contributed by atoms with Gasteiger partial charge >= 0.3 is 0 Å². The maximum Gasteiger partial charge on any atom is 0.157 e. The molecule has 0 atom stereocenters. The molecule has 3 fully saturated rings. The van der Waals surface area contributed by atoms with Crippen molar-refractivity contribution in [1.82, 2.24) is 29.9 Å². The minimum absolute atomic E-state index is 0.451. The number of pyridine rings is 1. The van der Waals surface area contributed by atoms with Gasteiger partial charge in [-0.05, 0) is 77.9 Å². The fourth-order valence-corrected chi connectivity index (χ4v) is 6.77. The van der Waals surface area contributed by atoms with Crippen molar-refractivity contribution in [2.24, 2.45) is 5.41 Å². The number of aromatic amines is 1. The molecule has 2 bridgehead atoms. The molecule has 3 saturated carbocycles. The van der Waals surface area contributed by atoms with Gasteiger partial charge in [-0.1, -0.05) is 0 Å². The number of rotatable bonds is 4. The third kappa shape index (κ3) is 3.00. The molecule has 3 aliphatic carbocycles. The molecular weight excluding hydrogens is 398 g/mol. The number of nitrogens with zero attached hydrogens (tertiary/aromatic N) is 6. The number of H-pyrrole nitrogens is 1. The van der Waals surface area contributed by atoms with Crippen molar-refractivity contribution in [3.8, 4) is 0 Å². The molecule has 4 aliphatic rings. The smallest absolute Gasteiger partial charge is 0.157 e. The molecular formula is C25H35N7. The largest absolute Gasteiger partial charge is 0.366 e. The van der Waals surface area contributed by atoms with Crippen LogP contribution in [0, 0.1) is 19.3 Å². The zero-order chi connectivity index (χ0) is 22.1. The summed E-state index contributed by atoms with van der Waals surface area (Å²) >= 11 is 0. The van der Waals surface area contributed by atoms with Gasteiger partial charge in [-0.15, -0.1) is 0 Å². The van der Waals surface area contributed by atoms with Gasteiger partial charge in [0.15, 0.2) is 5.65 Å². The summed E-state index contributed by atoms with van der Waals surface area (Å²) < 4.78 is 2.40. The maximum absolute atomic E-state index is 5.10. The lowest BCUT2D eigenvalue weighted by Gasteiger charge is -2.56. The van der Waals surface area contributed by atoms with Gasteiger partial charge in [0.05, 0.1) is 23.0 Å². The second kappa shape index (κ2) is 7.04. The molecule has 3 aromatic rings. The van der Waals surface area contributed by atoms with Crippen molar-refractivity contribution in [2.45, 2.75) is 77.4 Å². The SMILES string of the molecule is Cc1cc(N2CCc3c(c(C)nn3CC34CCC(N(C)C)(CC3)CC4)C2)c2cn[nH]c2n1. The van der Waals surface area contributed by atoms with Crippen LogP contribution in [0.1, 0.15) is 61.2 Å². The van der Waals surface area contributed by atoms with Crippen molar-refractivity contribution >= 4 is 16.7 Å². The first-order valence-corrected chi connectivity index (χ1v) is 12.2. The first-order valence-electron chi connectivity index (χ1n) is 12.2. The van der Waals surface area contributed by atoms with E-state index in [2.05, 4.69) is 63.7 Å². The molecule has 0 aromatic carbocycles. The number of hydrogen-bond acceptors (Lipinski definition) is 5. The third-order valence-corrected chi connectivity index (χ3v) is 9.00. The van der Waals surface area contributed by atoms with Gasteiger partial charge < -0.3 is 9.80 Å². The Bertz CT molecular complexity index is 1150. The summed E-state index contributed by atoms with van der Waals surface area (Å²) in [5.41, 5.74) is 8.14. The lowest BCUT2D eigenvalue weighted by molar-refractivity contribution is -0.0423. The van der Waals surface area contributed by atoms with Crippen LogP contribution >= 0.6 is 0 Å². The number of aryl methyl sites for hydroxylation is 2. The first kappa shape index (κ1) is 20.2. The summed E-state index contributed by atoms with van der Waals surface area (Å²) in [6, 6.07) is 2.20. The molecule has 4 heterocycles. The van der Waals surface area contributed by atoms with Crippen LogP contribution < -0.4 is 4.90 Å². The zero-order valence-corrected chi connectivity index (χ0v) is 19.9. The second-order valence-corrected chi connectivity index (χ2v) is 10.9. The zero-order valence-electron chi connectivity index (χ0n) is 19.9. The third-order valence-electron chi connectivity index (χ3n) is 9.00. The Kier molecular flexibility index (Phi) is 4.45. The van der Waals surface area contributed by atoms with Crippen LogP contribution in [0.3, 0.4) is 0 Å². The van der Waals surface area contributed by atoms with E-state index in [1.54, 1.807) is 0 Å². The minimum Gasteiger partial charge on any atom is -0.366 e. The van der Waals surface area contributed by atoms with Crippen molar-refractivity contribution in [3.63, 3.8) is 0 Å². The van der Waals surface area contributed by atoms with Gasteiger partial charge in [0, 0.05) is 48.5 Å². The van der Waals surface area contributed by atoms with E-state index in [1.807, 2.05) is 6.20 Å². The highest BCUT2D eigenvalue weighted by Gasteiger charge is 2.50. The van der Waals surface area contributed by atoms with E-state index < -0.39 is 0 Å². The van der Waals surface area contributed by atoms with Gasteiger partial charge in [0.2, 0.25) is 0 Å². The van der Waals surface area contributed by atoms with Gasteiger partial charge in [-0.3, -0.25) is 9.78 Å². The molecule has 0 amide bonds. The normalized spacial score (nSPS) is 27.5. The average molecular weight is 434 g/mol. The van der Waals surface area contributed by atoms with E-state index in [4.69, 9.17) is 5.10 Å².